The molecule has 0 aliphatic carbocycles. The Bertz CT molecular complexity index is 284. The molecule has 1 aliphatic heterocycles. The predicted octanol–water partition coefficient (Wildman–Crippen LogP) is 2.24. The minimum Gasteiger partial charge on any atom is -0.389 e. The third kappa shape index (κ3) is 1.97. The maximum absolute atomic E-state index is 9.36. The van der Waals surface area contributed by atoms with E-state index in [0.717, 1.165) is 25.2 Å². The van der Waals surface area contributed by atoms with Crippen molar-refractivity contribution >= 4 is 0 Å². The molecule has 1 saturated heterocycles. The lowest BCUT2D eigenvalue weighted by Gasteiger charge is -2.10. The number of hydrogen-bond acceptors (Lipinski definition) is 2. The van der Waals surface area contributed by atoms with Crippen molar-refractivity contribution in [1.82, 2.24) is 0 Å². The highest BCUT2D eigenvalue weighted by atomic mass is 16.5. The van der Waals surface area contributed by atoms with Crippen LogP contribution in [0, 0.1) is 0 Å². The van der Waals surface area contributed by atoms with Crippen molar-refractivity contribution in [3.63, 3.8) is 0 Å². The standard InChI is InChI=1S/C12H16O2/c1-9(13)10-2-4-11(5-3-10)12-6-7-14-8-12/h2-5,9,12-13H,6-8H2,1H3. The Kier molecular flexibility index (Phi) is 2.85. The van der Waals surface area contributed by atoms with Gasteiger partial charge in [0.1, 0.15) is 0 Å². The van der Waals surface area contributed by atoms with Crippen molar-refractivity contribution in [1.29, 1.82) is 0 Å². The second-order valence-corrected chi connectivity index (χ2v) is 3.90. The zero-order valence-corrected chi connectivity index (χ0v) is 8.44. The first-order valence-electron chi connectivity index (χ1n) is 5.13. The molecule has 2 atom stereocenters. The van der Waals surface area contributed by atoms with Gasteiger partial charge in [0, 0.05) is 12.5 Å². The third-order valence-electron chi connectivity index (χ3n) is 2.82. The average Bonchev–Trinajstić information content (AvgIpc) is 2.71. The topological polar surface area (TPSA) is 29.5 Å². The summed E-state index contributed by atoms with van der Waals surface area (Å²) in [5.41, 5.74) is 2.31. The van der Waals surface area contributed by atoms with E-state index in [2.05, 4.69) is 12.1 Å². The SMILES string of the molecule is CC(O)c1ccc(C2CCOC2)cc1. The van der Waals surface area contributed by atoms with Gasteiger partial charge in [-0.2, -0.15) is 0 Å². The van der Waals surface area contributed by atoms with Crippen LogP contribution in [0.3, 0.4) is 0 Å². The molecule has 14 heavy (non-hydrogen) atoms. The fourth-order valence-electron chi connectivity index (χ4n) is 1.84. The molecule has 2 nitrogen and oxygen atoms in total. The van der Waals surface area contributed by atoms with Crippen molar-refractivity contribution in [3.05, 3.63) is 35.4 Å². The number of rotatable bonds is 2. The van der Waals surface area contributed by atoms with Gasteiger partial charge in [-0.15, -0.1) is 0 Å². The Morgan fingerprint density at radius 2 is 2.07 bits per heavy atom. The van der Waals surface area contributed by atoms with Gasteiger partial charge in [0.15, 0.2) is 0 Å². The Morgan fingerprint density at radius 1 is 1.36 bits per heavy atom. The Hall–Kier alpha value is -0.860. The lowest BCUT2D eigenvalue weighted by atomic mass is 9.97. The minimum atomic E-state index is -0.371. The summed E-state index contributed by atoms with van der Waals surface area (Å²) in [5, 5.41) is 9.36. The molecule has 0 amide bonds. The molecule has 1 aromatic carbocycles. The Morgan fingerprint density at radius 3 is 2.57 bits per heavy atom. The highest BCUT2D eigenvalue weighted by Crippen LogP contribution is 2.26. The largest absolute Gasteiger partial charge is 0.389 e. The first-order valence-corrected chi connectivity index (χ1v) is 5.13. The first-order chi connectivity index (χ1) is 6.77. The van der Waals surface area contributed by atoms with Gasteiger partial charge in [-0.3, -0.25) is 0 Å². The zero-order chi connectivity index (χ0) is 9.97. The fourth-order valence-corrected chi connectivity index (χ4v) is 1.84. The molecule has 0 bridgehead atoms. The van der Waals surface area contributed by atoms with Crippen LogP contribution in [0.4, 0.5) is 0 Å². The fraction of sp³-hybridized carbons (Fsp3) is 0.500. The molecular formula is C12H16O2. The normalized spacial score (nSPS) is 23.7. The van der Waals surface area contributed by atoms with Crippen molar-refractivity contribution in [2.24, 2.45) is 0 Å². The molecule has 1 aromatic rings. The van der Waals surface area contributed by atoms with Gasteiger partial charge in [-0.05, 0) is 24.5 Å². The monoisotopic (exact) mass is 192 g/mol. The highest BCUT2D eigenvalue weighted by Gasteiger charge is 2.17. The molecule has 76 valence electrons. The summed E-state index contributed by atoms with van der Waals surface area (Å²) in [6.45, 7) is 3.50. The number of hydrogen-bond donors (Lipinski definition) is 1. The molecule has 2 heteroatoms. The lowest BCUT2D eigenvalue weighted by molar-refractivity contribution is 0.194. The van der Waals surface area contributed by atoms with Crippen LogP contribution in [0.15, 0.2) is 24.3 Å². The van der Waals surface area contributed by atoms with Gasteiger partial charge in [0.25, 0.3) is 0 Å². The second-order valence-electron chi connectivity index (χ2n) is 3.90. The van der Waals surface area contributed by atoms with E-state index in [1.165, 1.54) is 5.56 Å². The van der Waals surface area contributed by atoms with Gasteiger partial charge in [-0.1, -0.05) is 24.3 Å². The zero-order valence-electron chi connectivity index (χ0n) is 8.44. The maximum Gasteiger partial charge on any atom is 0.0761 e. The Balaban J connectivity index is 2.12. The summed E-state index contributed by atoms with van der Waals surface area (Å²) in [4.78, 5) is 0. The predicted molar refractivity (Wildman–Crippen MR) is 55.3 cm³/mol. The number of aliphatic hydroxyl groups excluding tert-OH is 1. The van der Waals surface area contributed by atoms with Gasteiger partial charge >= 0.3 is 0 Å². The summed E-state index contributed by atoms with van der Waals surface area (Å²) in [7, 11) is 0. The second kappa shape index (κ2) is 4.11. The molecule has 1 N–H and O–H groups in total. The van der Waals surface area contributed by atoms with E-state index in [9.17, 15) is 5.11 Å². The third-order valence-corrected chi connectivity index (χ3v) is 2.82. The van der Waals surface area contributed by atoms with Crippen LogP contribution in [-0.4, -0.2) is 18.3 Å². The number of aliphatic hydroxyl groups is 1. The summed E-state index contributed by atoms with van der Waals surface area (Å²) >= 11 is 0. The van der Waals surface area contributed by atoms with Crippen molar-refractivity contribution in [3.8, 4) is 0 Å². The van der Waals surface area contributed by atoms with E-state index >= 15 is 0 Å². The van der Waals surface area contributed by atoms with Crippen LogP contribution in [0.5, 0.6) is 0 Å². The number of ether oxygens (including phenoxy) is 1. The van der Waals surface area contributed by atoms with E-state index in [0.29, 0.717) is 5.92 Å². The Labute approximate surface area is 84.5 Å². The maximum atomic E-state index is 9.36. The van der Waals surface area contributed by atoms with Gasteiger partial charge in [0.05, 0.1) is 12.7 Å². The van der Waals surface area contributed by atoms with Gasteiger partial charge in [-0.25, -0.2) is 0 Å². The van der Waals surface area contributed by atoms with Crippen LogP contribution >= 0.6 is 0 Å². The minimum absolute atomic E-state index is 0.371. The van der Waals surface area contributed by atoms with Crippen LogP contribution in [0.2, 0.25) is 0 Å². The van der Waals surface area contributed by atoms with E-state index in [4.69, 9.17) is 4.74 Å². The summed E-state index contributed by atoms with van der Waals surface area (Å²) in [6.07, 6.45) is 0.748. The van der Waals surface area contributed by atoms with E-state index < -0.39 is 0 Å². The van der Waals surface area contributed by atoms with Gasteiger partial charge < -0.3 is 9.84 Å². The van der Waals surface area contributed by atoms with Crippen molar-refractivity contribution < 1.29 is 9.84 Å². The van der Waals surface area contributed by atoms with Crippen LogP contribution in [0.1, 0.15) is 36.5 Å². The molecule has 1 heterocycles. The average molecular weight is 192 g/mol. The molecule has 0 radical (unpaired) electrons. The molecule has 0 saturated carbocycles. The summed E-state index contributed by atoms with van der Waals surface area (Å²) in [5.74, 6) is 0.554. The lowest BCUT2D eigenvalue weighted by Crippen LogP contribution is -1.98. The van der Waals surface area contributed by atoms with E-state index in [-0.39, 0.29) is 6.10 Å². The van der Waals surface area contributed by atoms with E-state index in [1.54, 1.807) is 6.92 Å². The van der Waals surface area contributed by atoms with Crippen LogP contribution in [-0.2, 0) is 4.74 Å². The molecule has 0 aromatic heterocycles. The van der Waals surface area contributed by atoms with E-state index in [1.807, 2.05) is 12.1 Å². The molecular weight excluding hydrogens is 176 g/mol. The first kappa shape index (κ1) is 9.69. The molecule has 0 spiro atoms. The smallest absolute Gasteiger partial charge is 0.0761 e. The molecule has 2 unspecified atom stereocenters. The number of benzene rings is 1. The highest BCUT2D eigenvalue weighted by molar-refractivity contribution is 5.26. The molecule has 2 rings (SSSR count). The summed E-state index contributed by atoms with van der Waals surface area (Å²) < 4.78 is 5.34. The van der Waals surface area contributed by atoms with Crippen LogP contribution < -0.4 is 0 Å². The molecule has 1 aliphatic rings. The molecule has 1 fully saturated rings. The van der Waals surface area contributed by atoms with Crippen molar-refractivity contribution in [2.45, 2.75) is 25.4 Å². The van der Waals surface area contributed by atoms with Gasteiger partial charge in [0.2, 0.25) is 0 Å². The summed E-state index contributed by atoms with van der Waals surface area (Å²) in [6, 6.07) is 8.19. The van der Waals surface area contributed by atoms with Crippen LogP contribution in [0.25, 0.3) is 0 Å². The quantitative estimate of drug-likeness (QED) is 0.778. The van der Waals surface area contributed by atoms with Crippen molar-refractivity contribution in [2.75, 3.05) is 13.2 Å².